The highest BCUT2D eigenvalue weighted by Crippen LogP contribution is 2.22. The molecule has 0 aromatic rings. The van der Waals surface area contributed by atoms with Crippen molar-refractivity contribution in [1.29, 1.82) is 0 Å². The predicted molar refractivity (Wildman–Crippen MR) is 74.6 cm³/mol. The van der Waals surface area contributed by atoms with Crippen LogP contribution in [0.15, 0.2) is 0 Å². The average Bonchev–Trinajstić information content (AvgIpc) is 2.70. The zero-order chi connectivity index (χ0) is 14.0. The van der Waals surface area contributed by atoms with E-state index in [2.05, 4.69) is 11.8 Å². The highest BCUT2D eigenvalue weighted by Gasteiger charge is 2.37. The molecule has 0 radical (unpaired) electrons. The number of piperidine rings is 1. The van der Waals surface area contributed by atoms with Gasteiger partial charge in [0.25, 0.3) is 0 Å². The van der Waals surface area contributed by atoms with Gasteiger partial charge >= 0.3 is 0 Å². The third-order valence-corrected chi connectivity index (χ3v) is 6.04. The minimum atomic E-state index is -3.63. The summed E-state index contributed by atoms with van der Waals surface area (Å²) in [5.74, 6) is -0.0983. The summed E-state index contributed by atoms with van der Waals surface area (Å²) in [6.07, 6.45) is 3.71. The molecule has 0 spiro atoms. The average molecular weight is 309 g/mol. The van der Waals surface area contributed by atoms with Gasteiger partial charge in [-0.1, -0.05) is 6.42 Å². The van der Waals surface area contributed by atoms with E-state index in [0.29, 0.717) is 12.6 Å². The molecule has 2 fully saturated rings. The lowest BCUT2D eigenvalue weighted by Crippen LogP contribution is -2.43. The van der Waals surface area contributed by atoms with Crippen molar-refractivity contribution in [3.05, 3.63) is 0 Å². The minimum Gasteiger partial charge on any atom is -0.340 e. The summed E-state index contributed by atoms with van der Waals surface area (Å²) in [5.41, 5.74) is 0. The lowest BCUT2D eigenvalue weighted by molar-refractivity contribution is -0.127. The van der Waals surface area contributed by atoms with Crippen molar-refractivity contribution in [2.24, 2.45) is 0 Å². The van der Waals surface area contributed by atoms with Crippen LogP contribution < -0.4 is 0 Å². The first-order valence-electron chi connectivity index (χ1n) is 6.83. The van der Waals surface area contributed by atoms with Crippen LogP contribution in [0.4, 0.5) is 0 Å². The first-order valence-corrected chi connectivity index (χ1v) is 9.20. The summed E-state index contributed by atoms with van der Waals surface area (Å²) in [6, 6.07) is 0.555. The predicted octanol–water partition coefficient (Wildman–Crippen LogP) is 1.03. The second-order valence-corrected chi connectivity index (χ2v) is 8.43. The van der Waals surface area contributed by atoms with E-state index in [1.807, 2.05) is 0 Å². The van der Waals surface area contributed by atoms with Crippen molar-refractivity contribution in [2.75, 3.05) is 26.2 Å². The van der Waals surface area contributed by atoms with Gasteiger partial charge in [0.15, 0.2) is 0 Å². The molecule has 110 valence electrons. The van der Waals surface area contributed by atoms with E-state index in [9.17, 15) is 13.2 Å². The number of carbonyl (C=O) groups excluding carboxylic acids is 1. The van der Waals surface area contributed by atoms with E-state index in [4.69, 9.17) is 10.7 Å². The Morgan fingerprint density at radius 1 is 1.32 bits per heavy atom. The van der Waals surface area contributed by atoms with Gasteiger partial charge in [-0.25, -0.2) is 8.42 Å². The van der Waals surface area contributed by atoms with E-state index in [1.165, 1.54) is 19.3 Å². The largest absolute Gasteiger partial charge is 0.340 e. The van der Waals surface area contributed by atoms with Crippen LogP contribution in [0.5, 0.6) is 0 Å². The quantitative estimate of drug-likeness (QED) is 0.728. The summed E-state index contributed by atoms with van der Waals surface area (Å²) in [7, 11) is 1.70. The molecule has 19 heavy (non-hydrogen) atoms. The first kappa shape index (κ1) is 15.1. The van der Waals surface area contributed by atoms with Crippen LogP contribution in [0.2, 0.25) is 0 Å². The Morgan fingerprint density at radius 3 is 2.63 bits per heavy atom. The van der Waals surface area contributed by atoms with Crippen molar-refractivity contribution < 1.29 is 13.2 Å². The van der Waals surface area contributed by atoms with E-state index >= 15 is 0 Å². The van der Waals surface area contributed by atoms with Crippen molar-refractivity contribution >= 4 is 25.6 Å². The second kappa shape index (κ2) is 5.97. The smallest absolute Gasteiger partial charge is 0.237 e. The standard InChI is InChI=1S/C12H21ClN2O3S/c1-10-4-2-3-5-14(10)6-7-15-9-11(8-12(15)16)19(13,17)18/h10-11H,2-9H2,1H3. The molecule has 7 heteroatoms. The number of likely N-dealkylation sites (tertiary alicyclic amines) is 2. The van der Waals surface area contributed by atoms with Crippen molar-refractivity contribution in [3.8, 4) is 0 Å². The Morgan fingerprint density at radius 2 is 2.05 bits per heavy atom. The monoisotopic (exact) mass is 308 g/mol. The van der Waals surface area contributed by atoms with Crippen LogP contribution in [-0.2, 0) is 13.8 Å². The Hall–Kier alpha value is -0.330. The summed E-state index contributed by atoms with van der Waals surface area (Å²) in [5, 5.41) is -0.736. The molecule has 2 aliphatic rings. The molecular formula is C12H21ClN2O3S. The van der Waals surface area contributed by atoms with E-state index < -0.39 is 14.3 Å². The van der Waals surface area contributed by atoms with Gasteiger partial charge in [-0.15, -0.1) is 0 Å². The third-order valence-electron chi connectivity index (χ3n) is 4.17. The number of rotatable bonds is 4. The maximum atomic E-state index is 11.8. The Kier molecular flexibility index (Phi) is 4.74. The molecule has 1 amide bonds. The van der Waals surface area contributed by atoms with Crippen molar-refractivity contribution in [1.82, 2.24) is 9.80 Å². The summed E-state index contributed by atoms with van der Waals surface area (Å²) < 4.78 is 22.5. The highest BCUT2D eigenvalue weighted by molar-refractivity contribution is 8.14. The number of amides is 1. The summed E-state index contributed by atoms with van der Waals surface area (Å²) in [4.78, 5) is 15.8. The van der Waals surface area contributed by atoms with Gasteiger partial charge < -0.3 is 4.90 Å². The Balaban J connectivity index is 1.85. The summed E-state index contributed by atoms with van der Waals surface area (Å²) in [6.45, 7) is 4.94. The number of nitrogens with zero attached hydrogens (tertiary/aromatic N) is 2. The molecule has 0 N–H and O–H groups in total. The van der Waals surface area contributed by atoms with Crippen LogP contribution in [0, 0.1) is 0 Å². The SMILES string of the molecule is CC1CCCCN1CCN1CC(S(=O)(=O)Cl)CC1=O. The van der Waals surface area contributed by atoms with Crippen LogP contribution in [0.25, 0.3) is 0 Å². The topological polar surface area (TPSA) is 57.7 Å². The van der Waals surface area contributed by atoms with Crippen LogP contribution in [0.3, 0.4) is 0 Å². The van der Waals surface area contributed by atoms with Gasteiger partial charge in [-0.05, 0) is 26.3 Å². The minimum absolute atomic E-state index is 0.0292. The molecule has 2 rings (SSSR count). The van der Waals surface area contributed by atoms with Crippen LogP contribution in [0.1, 0.15) is 32.6 Å². The highest BCUT2D eigenvalue weighted by atomic mass is 35.7. The molecular weight excluding hydrogens is 288 g/mol. The maximum absolute atomic E-state index is 11.8. The first-order chi connectivity index (χ1) is 8.88. The van der Waals surface area contributed by atoms with Gasteiger partial charge in [0, 0.05) is 42.8 Å². The zero-order valence-corrected chi connectivity index (χ0v) is 12.8. The van der Waals surface area contributed by atoms with Gasteiger partial charge in [0.1, 0.15) is 5.25 Å². The molecule has 2 atom stereocenters. The fraction of sp³-hybridized carbons (Fsp3) is 0.917. The number of carbonyl (C=O) groups is 1. The molecule has 0 aromatic carbocycles. The maximum Gasteiger partial charge on any atom is 0.237 e. The van der Waals surface area contributed by atoms with Gasteiger partial charge in [-0.2, -0.15) is 0 Å². The normalized spacial score (nSPS) is 30.0. The van der Waals surface area contributed by atoms with Crippen LogP contribution >= 0.6 is 10.7 Å². The summed E-state index contributed by atoms with van der Waals surface area (Å²) >= 11 is 0. The number of halogens is 1. The van der Waals surface area contributed by atoms with Crippen molar-refractivity contribution in [3.63, 3.8) is 0 Å². The fourth-order valence-electron chi connectivity index (χ4n) is 2.88. The zero-order valence-electron chi connectivity index (χ0n) is 11.2. The lowest BCUT2D eigenvalue weighted by Gasteiger charge is -2.34. The molecule has 0 bridgehead atoms. The molecule has 5 nitrogen and oxygen atoms in total. The number of hydrogen-bond donors (Lipinski definition) is 0. The van der Waals surface area contributed by atoms with Crippen LogP contribution in [-0.4, -0.2) is 61.6 Å². The second-order valence-electron chi connectivity index (χ2n) is 5.52. The molecule has 2 saturated heterocycles. The van der Waals surface area contributed by atoms with Crippen molar-refractivity contribution in [2.45, 2.75) is 43.9 Å². The van der Waals surface area contributed by atoms with Gasteiger partial charge in [0.05, 0.1) is 0 Å². The third kappa shape index (κ3) is 3.83. The van der Waals surface area contributed by atoms with Gasteiger partial charge in [-0.3, -0.25) is 9.69 Å². The van der Waals surface area contributed by atoms with E-state index in [-0.39, 0.29) is 18.9 Å². The molecule has 2 heterocycles. The Labute approximate surface area is 119 Å². The molecule has 0 aliphatic carbocycles. The van der Waals surface area contributed by atoms with E-state index in [1.54, 1.807) is 4.90 Å². The van der Waals surface area contributed by atoms with Gasteiger partial charge in [0.2, 0.25) is 15.0 Å². The molecule has 0 saturated carbocycles. The fourth-order valence-corrected chi connectivity index (χ4v) is 3.94. The molecule has 2 unspecified atom stereocenters. The number of hydrogen-bond acceptors (Lipinski definition) is 4. The molecule has 2 aliphatic heterocycles. The van der Waals surface area contributed by atoms with E-state index in [0.717, 1.165) is 13.1 Å². The Bertz CT molecular complexity index is 440. The molecule has 0 aromatic heterocycles. The lowest BCUT2D eigenvalue weighted by atomic mass is 10.0.